The molecule has 2 saturated heterocycles. The third-order valence-electron chi connectivity index (χ3n) is 4.26. The van der Waals surface area contributed by atoms with E-state index in [1.807, 2.05) is 24.8 Å². The lowest BCUT2D eigenvalue weighted by Gasteiger charge is -2.26. The number of carbonyl (C=O) groups is 1. The van der Waals surface area contributed by atoms with Crippen LogP contribution in [0.2, 0.25) is 0 Å². The molecule has 6 nitrogen and oxygen atoms in total. The van der Waals surface area contributed by atoms with Gasteiger partial charge in [-0.2, -0.15) is 0 Å². The van der Waals surface area contributed by atoms with E-state index in [9.17, 15) is 4.79 Å². The summed E-state index contributed by atoms with van der Waals surface area (Å²) in [6, 6.07) is 2.34. The molecule has 2 aliphatic heterocycles. The van der Waals surface area contributed by atoms with Crippen LogP contribution in [0, 0.1) is 19.8 Å². The van der Waals surface area contributed by atoms with Crippen molar-refractivity contribution in [3.8, 4) is 6.01 Å². The van der Waals surface area contributed by atoms with Crippen LogP contribution in [0.15, 0.2) is 6.07 Å². The topological polar surface area (TPSA) is 64.5 Å². The monoisotopic (exact) mass is 305 g/mol. The average Bonchev–Trinajstić information content (AvgIpc) is 2.95. The molecular weight excluding hydrogens is 282 g/mol. The summed E-state index contributed by atoms with van der Waals surface area (Å²) in [5.74, 6) is 0.362. The van der Waals surface area contributed by atoms with Gasteiger partial charge in [0.2, 0.25) is 5.91 Å². The smallest absolute Gasteiger partial charge is 0.317 e. The summed E-state index contributed by atoms with van der Waals surface area (Å²) in [5.41, 5.74) is 1.80. The molecule has 0 radical (unpaired) electrons. The van der Waals surface area contributed by atoms with Gasteiger partial charge in [-0.1, -0.05) is 0 Å². The number of carbonyl (C=O) groups excluding carboxylic acids is 1. The number of hydrogen-bond acceptors (Lipinski definition) is 5. The van der Waals surface area contributed by atoms with Crippen molar-refractivity contribution in [2.24, 2.45) is 5.92 Å². The van der Waals surface area contributed by atoms with Crippen molar-refractivity contribution in [3.05, 3.63) is 17.5 Å². The van der Waals surface area contributed by atoms with E-state index in [2.05, 4.69) is 9.97 Å². The van der Waals surface area contributed by atoms with Crippen molar-refractivity contribution < 1.29 is 14.3 Å². The van der Waals surface area contributed by atoms with Crippen molar-refractivity contribution in [2.75, 3.05) is 26.3 Å². The maximum absolute atomic E-state index is 12.5. The normalized spacial score (nSPS) is 22.8. The second-order valence-corrected chi connectivity index (χ2v) is 6.13. The molecular formula is C16H23N3O3. The Balaban J connectivity index is 1.56. The molecule has 0 aromatic carbocycles. The molecule has 22 heavy (non-hydrogen) atoms. The Labute approximate surface area is 130 Å². The second-order valence-electron chi connectivity index (χ2n) is 6.13. The third-order valence-corrected chi connectivity index (χ3v) is 4.26. The van der Waals surface area contributed by atoms with E-state index < -0.39 is 0 Å². The van der Waals surface area contributed by atoms with Crippen LogP contribution in [0.1, 0.15) is 30.7 Å². The molecule has 1 amide bonds. The first-order valence-corrected chi connectivity index (χ1v) is 7.97. The van der Waals surface area contributed by atoms with Gasteiger partial charge in [-0.3, -0.25) is 4.79 Å². The number of ether oxygens (including phenoxy) is 2. The lowest BCUT2D eigenvalue weighted by Crippen LogP contribution is -2.38. The van der Waals surface area contributed by atoms with Crippen LogP contribution in [0.4, 0.5) is 0 Å². The van der Waals surface area contributed by atoms with Crippen molar-refractivity contribution >= 4 is 5.91 Å². The van der Waals surface area contributed by atoms with E-state index in [4.69, 9.17) is 9.47 Å². The summed E-state index contributed by atoms with van der Waals surface area (Å²) in [5, 5.41) is 0. The number of rotatable bonds is 3. The molecule has 1 aromatic rings. The van der Waals surface area contributed by atoms with Crippen LogP contribution in [-0.2, 0) is 9.53 Å². The Hall–Kier alpha value is -1.69. The van der Waals surface area contributed by atoms with Gasteiger partial charge in [0.15, 0.2) is 0 Å². The van der Waals surface area contributed by atoms with Crippen LogP contribution < -0.4 is 4.74 Å². The minimum atomic E-state index is -0.00927. The van der Waals surface area contributed by atoms with Gasteiger partial charge in [0.1, 0.15) is 6.10 Å². The predicted molar refractivity (Wildman–Crippen MR) is 80.7 cm³/mol. The lowest BCUT2D eigenvalue weighted by molar-refractivity contribution is -0.137. The summed E-state index contributed by atoms with van der Waals surface area (Å²) in [6.45, 7) is 6.63. The van der Waals surface area contributed by atoms with Crippen LogP contribution >= 0.6 is 0 Å². The van der Waals surface area contributed by atoms with E-state index in [1.165, 1.54) is 0 Å². The summed E-state index contributed by atoms with van der Waals surface area (Å²) >= 11 is 0. The Kier molecular flexibility index (Phi) is 4.57. The Morgan fingerprint density at radius 2 is 1.91 bits per heavy atom. The highest BCUT2D eigenvalue weighted by Gasteiger charge is 2.32. The highest BCUT2D eigenvalue weighted by atomic mass is 16.5. The number of aromatic nitrogens is 2. The third kappa shape index (κ3) is 3.55. The zero-order valence-electron chi connectivity index (χ0n) is 13.2. The summed E-state index contributed by atoms with van der Waals surface area (Å²) in [6.07, 6.45) is 2.50. The van der Waals surface area contributed by atoms with Crippen LogP contribution in [-0.4, -0.2) is 53.2 Å². The van der Waals surface area contributed by atoms with Gasteiger partial charge in [0.05, 0.1) is 6.54 Å². The number of nitrogens with zero attached hydrogens (tertiary/aromatic N) is 3. The lowest BCUT2D eigenvalue weighted by atomic mass is 9.99. The largest absolute Gasteiger partial charge is 0.458 e. The average molecular weight is 305 g/mol. The van der Waals surface area contributed by atoms with E-state index >= 15 is 0 Å². The first-order chi connectivity index (χ1) is 10.6. The van der Waals surface area contributed by atoms with Crippen LogP contribution in [0.25, 0.3) is 0 Å². The Bertz CT molecular complexity index is 523. The Morgan fingerprint density at radius 3 is 2.59 bits per heavy atom. The van der Waals surface area contributed by atoms with Gasteiger partial charge in [-0.15, -0.1) is 0 Å². The van der Waals surface area contributed by atoms with E-state index in [-0.39, 0.29) is 17.9 Å². The molecule has 1 atom stereocenters. The fourth-order valence-corrected chi connectivity index (χ4v) is 3.12. The van der Waals surface area contributed by atoms with Crippen LogP contribution in [0.5, 0.6) is 6.01 Å². The molecule has 0 spiro atoms. The van der Waals surface area contributed by atoms with Crippen molar-refractivity contribution in [1.29, 1.82) is 0 Å². The molecule has 1 aromatic heterocycles. The second kappa shape index (κ2) is 6.60. The number of aryl methyl sites for hydroxylation is 2. The predicted octanol–water partition coefficient (Wildman–Crippen LogP) is 1.50. The molecule has 0 saturated carbocycles. The van der Waals surface area contributed by atoms with E-state index in [0.29, 0.717) is 25.8 Å². The minimum absolute atomic E-state index is 0.00927. The molecule has 2 aliphatic rings. The zero-order valence-corrected chi connectivity index (χ0v) is 13.2. The van der Waals surface area contributed by atoms with Crippen molar-refractivity contribution in [2.45, 2.75) is 39.2 Å². The maximum Gasteiger partial charge on any atom is 0.317 e. The molecule has 120 valence electrons. The fourth-order valence-electron chi connectivity index (χ4n) is 3.12. The van der Waals surface area contributed by atoms with Crippen LogP contribution in [0.3, 0.4) is 0 Å². The van der Waals surface area contributed by atoms with Gasteiger partial charge in [-0.05, 0) is 32.8 Å². The molecule has 3 heterocycles. The number of amides is 1. The summed E-state index contributed by atoms with van der Waals surface area (Å²) in [7, 11) is 0. The molecule has 0 aliphatic carbocycles. The van der Waals surface area contributed by atoms with Gasteiger partial charge in [-0.25, -0.2) is 9.97 Å². The van der Waals surface area contributed by atoms with Crippen molar-refractivity contribution in [1.82, 2.24) is 14.9 Å². The maximum atomic E-state index is 12.5. The first-order valence-electron chi connectivity index (χ1n) is 7.97. The molecule has 0 unspecified atom stereocenters. The Morgan fingerprint density at radius 1 is 1.23 bits per heavy atom. The summed E-state index contributed by atoms with van der Waals surface area (Å²) < 4.78 is 11.2. The van der Waals surface area contributed by atoms with Gasteiger partial charge >= 0.3 is 6.01 Å². The van der Waals surface area contributed by atoms with Gasteiger partial charge < -0.3 is 14.4 Å². The number of likely N-dealkylation sites (tertiary alicyclic amines) is 1. The first kappa shape index (κ1) is 15.2. The quantitative estimate of drug-likeness (QED) is 0.847. The van der Waals surface area contributed by atoms with Crippen molar-refractivity contribution in [3.63, 3.8) is 0 Å². The standard InChI is InChI=1S/C16H23N3O3/c1-11-9-12(2)18-16(17-11)22-14-3-6-19(10-14)15(20)13-4-7-21-8-5-13/h9,13-14H,3-8,10H2,1-2H3/t14-/m1/s1. The van der Waals surface area contributed by atoms with E-state index in [0.717, 1.165) is 37.2 Å². The molecule has 0 N–H and O–H groups in total. The van der Waals surface area contributed by atoms with E-state index in [1.54, 1.807) is 0 Å². The zero-order chi connectivity index (χ0) is 15.5. The minimum Gasteiger partial charge on any atom is -0.458 e. The fraction of sp³-hybridized carbons (Fsp3) is 0.688. The summed E-state index contributed by atoms with van der Waals surface area (Å²) in [4.78, 5) is 23.0. The number of hydrogen-bond donors (Lipinski definition) is 0. The van der Waals surface area contributed by atoms with Gasteiger partial charge in [0, 0.05) is 43.5 Å². The SMILES string of the molecule is Cc1cc(C)nc(O[C@@H]2CCN(C(=O)C3CCOCC3)C2)n1. The molecule has 3 rings (SSSR count). The van der Waals surface area contributed by atoms with Gasteiger partial charge in [0.25, 0.3) is 0 Å². The highest BCUT2D eigenvalue weighted by Crippen LogP contribution is 2.22. The molecule has 0 bridgehead atoms. The highest BCUT2D eigenvalue weighted by molar-refractivity contribution is 5.79. The molecule has 6 heteroatoms. The molecule has 2 fully saturated rings.